The minimum absolute atomic E-state index is 0.263. The molecule has 100 valence electrons. The fourth-order valence-corrected chi connectivity index (χ4v) is 1.90. The van der Waals surface area contributed by atoms with Crippen molar-refractivity contribution in [2.75, 3.05) is 18.3 Å². The second-order valence-electron chi connectivity index (χ2n) is 3.65. The molecule has 0 radical (unpaired) electrons. The fraction of sp³-hybridized carbons (Fsp3) is 0.778. The van der Waals surface area contributed by atoms with Crippen molar-refractivity contribution < 1.29 is 23.1 Å². The van der Waals surface area contributed by atoms with E-state index in [9.17, 15) is 18.0 Å². The number of aliphatic carboxylic acids is 1. The Bertz CT molecular complexity index is 379. The van der Waals surface area contributed by atoms with Crippen LogP contribution in [0.4, 0.5) is 0 Å². The number of rotatable bonds is 7. The molecule has 0 aromatic rings. The smallest absolute Gasteiger partial charge is 0.326 e. The van der Waals surface area contributed by atoms with Crippen LogP contribution in [-0.2, 0) is 19.4 Å². The third-order valence-corrected chi connectivity index (χ3v) is 4.38. The van der Waals surface area contributed by atoms with E-state index < -0.39 is 33.0 Å². The molecular formula is C9H17NO5S2. The lowest BCUT2D eigenvalue weighted by Crippen LogP contribution is -2.46. The first-order chi connectivity index (χ1) is 7.70. The van der Waals surface area contributed by atoms with Crippen LogP contribution < -0.4 is 5.32 Å². The van der Waals surface area contributed by atoms with Crippen molar-refractivity contribution in [3.05, 3.63) is 0 Å². The molecule has 2 N–H and O–H groups in total. The molecule has 6 nitrogen and oxygen atoms in total. The zero-order chi connectivity index (χ0) is 13.6. The number of hydrogen-bond acceptors (Lipinski definition) is 5. The van der Waals surface area contributed by atoms with E-state index in [0.29, 0.717) is 5.75 Å². The molecule has 0 rings (SSSR count). The van der Waals surface area contributed by atoms with Crippen LogP contribution >= 0.6 is 11.8 Å². The first-order valence-electron chi connectivity index (χ1n) is 4.91. The largest absolute Gasteiger partial charge is 0.480 e. The number of hydrogen-bond donors (Lipinski definition) is 2. The first-order valence-corrected chi connectivity index (χ1v) is 8.26. The monoisotopic (exact) mass is 283 g/mol. The van der Waals surface area contributed by atoms with Crippen LogP contribution in [0.25, 0.3) is 0 Å². The number of amides is 1. The van der Waals surface area contributed by atoms with Gasteiger partial charge in [-0.15, -0.1) is 0 Å². The van der Waals surface area contributed by atoms with E-state index in [1.807, 2.05) is 6.26 Å². The van der Waals surface area contributed by atoms with Crippen molar-refractivity contribution in [1.82, 2.24) is 5.32 Å². The van der Waals surface area contributed by atoms with Crippen molar-refractivity contribution in [1.29, 1.82) is 0 Å². The van der Waals surface area contributed by atoms with E-state index in [4.69, 9.17) is 5.11 Å². The predicted molar refractivity (Wildman–Crippen MR) is 66.9 cm³/mol. The summed E-state index contributed by atoms with van der Waals surface area (Å²) in [4.78, 5) is 22.3. The molecule has 0 aliphatic heterocycles. The molecule has 0 fully saturated rings. The van der Waals surface area contributed by atoms with Crippen molar-refractivity contribution in [3.63, 3.8) is 0 Å². The van der Waals surface area contributed by atoms with Gasteiger partial charge >= 0.3 is 5.97 Å². The second kappa shape index (κ2) is 6.85. The summed E-state index contributed by atoms with van der Waals surface area (Å²) in [5.74, 6) is -1.36. The van der Waals surface area contributed by atoms with Crippen molar-refractivity contribution in [2.24, 2.45) is 0 Å². The number of thioether (sulfide) groups is 1. The van der Waals surface area contributed by atoms with Crippen LogP contribution in [0.5, 0.6) is 0 Å². The van der Waals surface area contributed by atoms with Crippen molar-refractivity contribution >= 4 is 33.5 Å². The average Bonchev–Trinajstić information content (AvgIpc) is 2.20. The van der Waals surface area contributed by atoms with Crippen LogP contribution in [0.3, 0.4) is 0 Å². The molecule has 8 heteroatoms. The summed E-state index contributed by atoms with van der Waals surface area (Å²) in [5, 5.41) is 9.85. The summed E-state index contributed by atoms with van der Waals surface area (Å²) < 4.78 is 22.3. The molecule has 0 heterocycles. The van der Waals surface area contributed by atoms with Gasteiger partial charge in [0.2, 0.25) is 5.91 Å². The van der Waals surface area contributed by atoms with Gasteiger partial charge in [0.05, 0.1) is 0 Å². The summed E-state index contributed by atoms with van der Waals surface area (Å²) in [6.07, 6.45) is 3.02. The highest BCUT2D eigenvalue weighted by atomic mass is 32.2. The van der Waals surface area contributed by atoms with E-state index in [1.165, 1.54) is 18.7 Å². The van der Waals surface area contributed by atoms with Crippen LogP contribution in [0.15, 0.2) is 0 Å². The van der Waals surface area contributed by atoms with Gasteiger partial charge in [-0.3, -0.25) is 4.79 Å². The van der Waals surface area contributed by atoms with Gasteiger partial charge in [0, 0.05) is 6.26 Å². The lowest BCUT2D eigenvalue weighted by atomic mass is 10.2. The van der Waals surface area contributed by atoms with E-state index in [0.717, 1.165) is 6.26 Å². The Labute approximate surface area is 105 Å². The maximum absolute atomic E-state index is 11.5. The van der Waals surface area contributed by atoms with Gasteiger partial charge in [0.1, 0.15) is 11.3 Å². The van der Waals surface area contributed by atoms with Crippen molar-refractivity contribution in [2.45, 2.75) is 24.6 Å². The standard InChI is InChI=1S/C9H17NO5S2/c1-6(17(3,14)15)8(11)10-7(9(12)13)4-5-16-2/h6-7H,4-5H2,1-3H3,(H,10,11)(H,12,13)/t6?,7-/m1/s1. The van der Waals surface area contributed by atoms with E-state index >= 15 is 0 Å². The number of nitrogens with one attached hydrogen (secondary N) is 1. The Hall–Kier alpha value is -0.760. The highest BCUT2D eigenvalue weighted by Gasteiger charge is 2.27. The van der Waals surface area contributed by atoms with Gasteiger partial charge in [-0.1, -0.05) is 0 Å². The predicted octanol–water partition coefficient (Wildman–Crippen LogP) is -0.258. The second-order valence-corrected chi connectivity index (χ2v) is 7.00. The third-order valence-electron chi connectivity index (χ3n) is 2.24. The SMILES string of the molecule is CSCC[C@@H](NC(=O)C(C)S(C)(=O)=O)C(=O)O. The maximum atomic E-state index is 11.5. The average molecular weight is 283 g/mol. The number of carbonyl (C=O) groups is 2. The lowest BCUT2D eigenvalue weighted by molar-refractivity contribution is -0.141. The van der Waals surface area contributed by atoms with E-state index in [1.54, 1.807) is 0 Å². The van der Waals surface area contributed by atoms with Gasteiger partial charge < -0.3 is 10.4 Å². The van der Waals surface area contributed by atoms with Crippen LogP contribution in [0.2, 0.25) is 0 Å². The van der Waals surface area contributed by atoms with Gasteiger partial charge in [0.15, 0.2) is 9.84 Å². The Balaban J connectivity index is 4.56. The molecule has 17 heavy (non-hydrogen) atoms. The Morgan fingerprint density at radius 3 is 2.29 bits per heavy atom. The molecule has 0 spiro atoms. The Morgan fingerprint density at radius 1 is 1.41 bits per heavy atom. The van der Waals surface area contributed by atoms with Gasteiger partial charge in [-0.2, -0.15) is 11.8 Å². The van der Waals surface area contributed by atoms with Gasteiger partial charge in [-0.25, -0.2) is 13.2 Å². The topological polar surface area (TPSA) is 101 Å². The highest BCUT2D eigenvalue weighted by Crippen LogP contribution is 2.04. The molecule has 2 atom stereocenters. The summed E-state index contributed by atoms with van der Waals surface area (Å²) in [5.41, 5.74) is 0. The summed E-state index contributed by atoms with van der Waals surface area (Å²) in [7, 11) is -3.50. The van der Waals surface area contributed by atoms with E-state index in [-0.39, 0.29) is 6.42 Å². The number of carboxylic acid groups (broad SMARTS) is 1. The van der Waals surface area contributed by atoms with Gasteiger partial charge in [0.25, 0.3) is 0 Å². The minimum Gasteiger partial charge on any atom is -0.480 e. The maximum Gasteiger partial charge on any atom is 0.326 e. The molecule has 0 aromatic heterocycles. The zero-order valence-corrected chi connectivity index (χ0v) is 11.6. The van der Waals surface area contributed by atoms with Crippen molar-refractivity contribution in [3.8, 4) is 0 Å². The third kappa shape index (κ3) is 5.92. The molecule has 0 saturated carbocycles. The number of carbonyl (C=O) groups excluding carboxylic acids is 1. The Morgan fingerprint density at radius 2 is 1.94 bits per heavy atom. The van der Waals surface area contributed by atoms with Gasteiger partial charge in [-0.05, 0) is 25.4 Å². The summed E-state index contributed by atoms with van der Waals surface area (Å²) >= 11 is 1.46. The highest BCUT2D eigenvalue weighted by molar-refractivity contribution is 7.98. The first kappa shape index (κ1) is 16.2. The molecular weight excluding hydrogens is 266 g/mol. The van der Waals surface area contributed by atoms with Crippen LogP contribution in [-0.4, -0.2) is 55.0 Å². The Kier molecular flexibility index (Phi) is 6.54. The molecule has 0 saturated heterocycles. The normalized spacial score (nSPS) is 15.0. The fourth-order valence-electron chi connectivity index (χ4n) is 0.977. The minimum atomic E-state index is -3.50. The molecule has 0 aliphatic carbocycles. The molecule has 1 amide bonds. The van der Waals surface area contributed by atoms with Crippen LogP contribution in [0, 0.1) is 0 Å². The van der Waals surface area contributed by atoms with Crippen LogP contribution in [0.1, 0.15) is 13.3 Å². The summed E-state index contributed by atoms with van der Waals surface area (Å²) in [6, 6.07) is -1.04. The van der Waals surface area contributed by atoms with E-state index in [2.05, 4.69) is 5.32 Å². The quantitative estimate of drug-likeness (QED) is 0.668. The lowest BCUT2D eigenvalue weighted by Gasteiger charge is -2.16. The zero-order valence-electron chi connectivity index (χ0n) is 9.97. The summed E-state index contributed by atoms with van der Waals surface area (Å²) in [6.45, 7) is 1.23. The molecule has 0 aliphatic rings. The molecule has 0 bridgehead atoms. The number of sulfone groups is 1. The molecule has 0 aromatic carbocycles. The molecule has 1 unspecified atom stereocenters. The number of carboxylic acids is 1.